The number of nitrogens with one attached hydrogen (secondary N) is 2. The minimum absolute atomic E-state index is 0.0212. The van der Waals surface area contributed by atoms with Crippen molar-refractivity contribution in [3.63, 3.8) is 0 Å². The number of para-hydroxylation sites is 1. The maximum Gasteiger partial charge on any atom is 0.418 e. The van der Waals surface area contributed by atoms with Gasteiger partial charge in [-0.05, 0) is 25.0 Å². The standard InChI is InChI=1S/C13H13F3N2O/c14-13(15,16)8-3-1-4-9-10(8)17-7-12(5-2-6-12)11(19)18-9/h1,3-4,17H,2,5-7H2,(H,18,19). The van der Waals surface area contributed by atoms with Gasteiger partial charge in [0.05, 0.1) is 22.4 Å². The first-order valence-electron chi connectivity index (χ1n) is 6.18. The van der Waals surface area contributed by atoms with Crippen LogP contribution in [0.5, 0.6) is 0 Å². The van der Waals surface area contributed by atoms with Crippen molar-refractivity contribution >= 4 is 17.3 Å². The van der Waals surface area contributed by atoms with E-state index in [1.165, 1.54) is 12.1 Å². The van der Waals surface area contributed by atoms with E-state index in [4.69, 9.17) is 0 Å². The molecule has 1 heterocycles. The fraction of sp³-hybridized carbons (Fsp3) is 0.462. The van der Waals surface area contributed by atoms with Gasteiger partial charge in [-0.1, -0.05) is 12.5 Å². The third-order valence-electron chi connectivity index (χ3n) is 4.01. The van der Waals surface area contributed by atoms with E-state index in [0.717, 1.165) is 25.3 Å². The van der Waals surface area contributed by atoms with Crippen molar-refractivity contribution in [3.05, 3.63) is 23.8 Å². The maximum atomic E-state index is 12.9. The fourth-order valence-corrected chi connectivity index (χ4v) is 2.68. The molecule has 0 saturated heterocycles. The van der Waals surface area contributed by atoms with Crippen LogP contribution in [-0.2, 0) is 11.0 Å². The van der Waals surface area contributed by atoms with Gasteiger partial charge >= 0.3 is 6.18 Å². The fourth-order valence-electron chi connectivity index (χ4n) is 2.68. The summed E-state index contributed by atoms with van der Waals surface area (Å²) in [7, 11) is 0. The molecule has 1 amide bonds. The molecule has 102 valence electrons. The SMILES string of the molecule is O=C1Nc2cccc(C(F)(F)F)c2NCC12CCC2. The lowest BCUT2D eigenvalue weighted by atomic mass is 9.68. The van der Waals surface area contributed by atoms with Gasteiger partial charge in [-0.2, -0.15) is 13.2 Å². The van der Waals surface area contributed by atoms with Crippen molar-refractivity contribution in [1.82, 2.24) is 0 Å². The van der Waals surface area contributed by atoms with E-state index in [-0.39, 0.29) is 23.8 Å². The molecule has 0 radical (unpaired) electrons. The second-order valence-corrected chi connectivity index (χ2v) is 5.17. The van der Waals surface area contributed by atoms with Crippen molar-refractivity contribution in [2.45, 2.75) is 25.4 Å². The zero-order valence-electron chi connectivity index (χ0n) is 10.1. The molecule has 1 aromatic carbocycles. The van der Waals surface area contributed by atoms with Crippen LogP contribution in [0.25, 0.3) is 0 Å². The minimum atomic E-state index is -4.43. The van der Waals surface area contributed by atoms with E-state index in [1.807, 2.05) is 0 Å². The molecule has 3 nitrogen and oxygen atoms in total. The van der Waals surface area contributed by atoms with E-state index < -0.39 is 17.2 Å². The van der Waals surface area contributed by atoms with E-state index >= 15 is 0 Å². The Hall–Kier alpha value is -1.72. The van der Waals surface area contributed by atoms with Gasteiger partial charge < -0.3 is 10.6 Å². The second kappa shape index (κ2) is 3.88. The number of hydrogen-bond donors (Lipinski definition) is 2. The molecule has 2 N–H and O–H groups in total. The molecule has 19 heavy (non-hydrogen) atoms. The Kier molecular flexibility index (Phi) is 2.52. The number of carbonyl (C=O) groups is 1. The van der Waals surface area contributed by atoms with Crippen LogP contribution in [0.3, 0.4) is 0 Å². The highest BCUT2D eigenvalue weighted by Crippen LogP contribution is 2.46. The van der Waals surface area contributed by atoms with Crippen LogP contribution in [-0.4, -0.2) is 12.5 Å². The van der Waals surface area contributed by atoms with Gasteiger partial charge in [0, 0.05) is 6.54 Å². The van der Waals surface area contributed by atoms with Crippen LogP contribution >= 0.6 is 0 Å². The molecule has 0 atom stereocenters. The number of fused-ring (bicyclic) bond motifs is 1. The Morgan fingerprint density at radius 3 is 2.53 bits per heavy atom. The summed E-state index contributed by atoms with van der Waals surface area (Å²) < 4.78 is 38.8. The van der Waals surface area contributed by atoms with Crippen molar-refractivity contribution in [1.29, 1.82) is 0 Å². The van der Waals surface area contributed by atoms with Crippen LogP contribution < -0.4 is 10.6 Å². The molecule has 0 aromatic heterocycles. The minimum Gasteiger partial charge on any atom is -0.382 e. The zero-order chi connectivity index (χ0) is 13.7. The molecular weight excluding hydrogens is 257 g/mol. The molecule has 1 spiro atoms. The molecule has 6 heteroatoms. The van der Waals surface area contributed by atoms with Gasteiger partial charge in [-0.3, -0.25) is 4.79 Å². The lowest BCUT2D eigenvalue weighted by molar-refractivity contribution is -0.137. The summed E-state index contributed by atoms with van der Waals surface area (Å²) in [6, 6.07) is 3.83. The molecule has 1 aromatic rings. The molecule has 1 aliphatic heterocycles. The molecule has 1 saturated carbocycles. The van der Waals surface area contributed by atoms with Crippen molar-refractivity contribution in [3.8, 4) is 0 Å². The van der Waals surface area contributed by atoms with E-state index in [2.05, 4.69) is 10.6 Å². The summed E-state index contributed by atoms with van der Waals surface area (Å²) in [6.45, 7) is 0.263. The van der Waals surface area contributed by atoms with Crippen molar-refractivity contribution in [2.24, 2.45) is 5.41 Å². The molecule has 1 aliphatic carbocycles. The Balaban J connectivity index is 2.03. The van der Waals surface area contributed by atoms with Crippen LogP contribution in [0.4, 0.5) is 24.5 Å². The predicted octanol–water partition coefficient (Wildman–Crippen LogP) is 3.24. The van der Waals surface area contributed by atoms with Crippen LogP contribution in [0.2, 0.25) is 0 Å². The lowest BCUT2D eigenvalue weighted by Crippen LogP contribution is -2.45. The largest absolute Gasteiger partial charge is 0.418 e. The summed E-state index contributed by atoms with van der Waals surface area (Å²) in [4.78, 5) is 12.1. The van der Waals surface area contributed by atoms with Crippen molar-refractivity contribution < 1.29 is 18.0 Å². The summed E-state index contributed by atoms with van der Waals surface area (Å²) in [5, 5.41) is 5.45. The second-order valence-electron chi connectivity index (χ2n) is 5.17. The molecule has 1 fully saturated rings. The van der Waals surface area contributed by atoms with Gasteiger partial charge in [0.25, 0.3) is 0 Å². The van der Waals surface area contributed by atoms with Gasteiger partial charge in [0.15, 0.2) is 0 Å². The number of carbonyl (C=O) groups excluding carboxylic acids is 1. The molecular formula is C13H13F3N2O. The highest BCUT2D eigenvalue weighted by Gasteiger charge is 2.46. The van der Waals surface area contributed by atoms with Gasteiger partial charge in [0.2, 0.25) is 5.91 Å². The average molecular weight is 270 g/mol. The number of amides is 1. The highest BCUT2D eigenvalue weighted by atomic mass is 19.4. The number of benzene rings is 1. The maximum absolute atomic E-state index is 12.9. The third kappa shape index (κ3) is 1.86. The lowest BCUT2D eigenvalue weighted by Gasteiger charge is -2.38. The van der Waals surface area contributed by atoms with Crippen LogP contribution in [0.15, 0.2) is 18.2 Å². The number of halogens is 3. The highest BCUT2D eigenvalue weighted by molar-refractivity contribution is 6.00. The summed E-state index contributed by atoms with van der Waals surface area (Å²) in [5.74, 6) is -0.177. The molecule has 2 aliphatic rings. The van der Waals surface area contributed by atoms with Crippen LogP contribution in [0.1, 0.15) is 24.8 Å². The number of alkyl halides is 3. The molecule has 3 rings (SSSR count). The van der Waals surface area contributed by atoms with Crippen molar-refractivity contribution in [2.75, 3.05) is 17.2 Å². The van der Waals surface area contributed by atoms with Gasteiger partial charge in [-0.15, -0.1) is 0 Å². The summed E-state index contributed by atoms with van der Waals surface area (Å²) in [6.07, 6.45) is -2.04. The summed E-state index contributed by atoms with van der Waals surface area (Å²) in [5.41, 5.74) is -1.08. The number of hydrogen-bond acceptors (Lipinski definition) is 2. The van der Waals surface area contributed by atoms with Gasteiger partial charge in [0.1, 0.15) is 0 Å². The monoisotopic (exact) mass is 270 g/mol. The van der Waals surface area contributed by atoms with E-state index in [0.29, 0.717) is 0 Å². The third-order valence-corrected chi connectivity index (χ3v) is 4.01. The average Bonchev–Trinajstić information content (AvgIpc) is 2.42. The Bertz CT molecular complexity index is 535. The summed E-state index contributed by atoms with van der Waals surface area (Å²) >= 11 is 0. The molecule has 0 unspecified atom stereocenters. The quantitative estimate of drug-likeness (QED) is 0.760. The van der Waals surface area contributed by atoms with E-state index in [1.54, 1.807) is 0 Å². The first-order chi connectivity index (χ1) is 8.92. The van der Waals surface area contributed by atoms with E-state index in [9.17, 15) is 18.0 Å². The predicted molar refractivity (Wildman–Crippen MR) is 64.8 cm³/mol. The smallest absolute Gasteiger partial charge is 0.382 e. The Morgan fingerprint density at radius 2 is 1.95 bits per heavy atom. The number of rotatable bonds is 0. The topological polar surface area (TPSA) is 41.1 Å². The van der Waals surface area contributed by atoms with Crippen LogP contribution in [0, 0.1) is 5.41 Å². The zero-order valence-corrected chi connectivity index (χ0v) is 10.1. The normalized spacial score (nSPS) is 20.9. The molecule has 0 bridgehead atoms. The Labute approximate surface area is 108 Å². The number of anilines is 2. The van der Waals surface area contributed by atoms with Gasteiger partial charge in [-0.25, -0.2) is 0 Å². The first kappa shape index (κ1) is 12.3. The first-order valence-corrected chi connectivity index (χ1v) is 6.18. The Morgan fingerprint density at radius 1 is 1.21 bits per heavy atom.